The maximum absolute atomic E-state index is 12.0. The number of furan rings is 1. The van der Waals surface area contributed by atoms with E-state index in [4.69, 9.17) is 18.6 Å². The molecule has 2 amide bonds. The van der Waals surface area contributed by atoms with Gasteiger partial charge in [0.15, 0.2) is 13.2 Å². The Kier molecular flexibility index (Phi) is 6.03. The second-order valence-corrected chi connectivity index (χ2v) is 6.81. The summed E-state index contributed by atoms with van der Waals surface area (Å²) in [7, 11) is 1.51. The first-order chi connectivity index (χ1) is 15.5. The van der Waals surface area contributed by atoms with Gasteiger partial charge in [0, 0.05) is 16.3 Å². The number of hydrogen-bond acceptors (Lipinski definition) is 7. The Balaban J connectivity index is 1.27. The Morgan fingerprint density at radius 3 is 2.34 bits per heavy atom. The second kappa shape index (κ2) is 9.22. The highest BCUT2D eigenvalue weighted by Crippen LogP contribution is 2.31. The summed E-state index contributed by atoms with van der Waals surface area (Å²) < 4.78 is 21.1. The van der Waals surface area contributed by atoms with Crippen LogP contribution >= 0.6 is 0 Å². The molecule has 1 heterocycles. The van der Waals surface area contributed by atoms with Gasteiger partial charge in [-0.15, -0.1) is 0 Å². The maximum atomic E-state index is 12.0. The van der Waals surface area contributed by atoms with Gasteiger partial charge in [-0.05, 0) is 48.5 Å². The van der Waals surface area contributed by atoms with Gasteiger partial charge in [-0.25, -0.2) is 4.79 Å². The van der Waals surface area contributed by atoms with Crippen molar-refractivity contribution in [3.8, 4) is 11.5 Å². The van der Waals surface area contributed by atoms with Gasteiger partial charge in [0.1, 0.15) is 22.7 Å². The minimum Gasteiger partial charge on any atom is -0.497 e. The number of benzene rings is 3. The third-order valence-corrected chi connectivity index (χ3v) is 4.67. The van der Waals surface area contributed by atoms with Gasteiger partial charge in [-0.3, -0.25) is 14.9 Å². The van der Waals surface area contributed by atoms with Crippen molar-refractivity contribution in [2.45, 2.75) is 0 Å². The maximum Gasteiger partial charge on any atom is 0.344 e. The molecule has 0 unspecified atom stereocenters. The molecule has 8 nitrogen and oxygen atoms in total. The number of hydrogen-bond donors (Lipinski definition) is 1. The lowest BCUT2D eigenvalue weighted by Crippen LogP contribution is -2.34. The summed E-state index contributed by atoms with van der Waals surface area (Å²) in [5.74, 6) is -1.05. The Morgan fingerprint density at radius 2 is 1.56 bits per heavy atom. The standard InChI is InChI=1S/C24H19NO7/c1-29-16-8-6-15(7-9-16)24(28)25-22(26)13-31-23(27)14-30-17-10-11-21-19(12-17)18-4-2-3-5-20(18)32-21/h2-12H,13-14H2,1H3,(H,25,26,28). The highest BCUT2D eigenvalue weighted by molar-refractivity contribution is 6.06. The number of nitrogens with one attached hydrogen (secondary N) is 1. The monoisotopic (exact) mass is 433 g/mol. The third-order valence-electron chi connectivity index (χ3n) is 4.67. The lowest BCUT2D eigenvalue weighted by atomic mass is 10.1. The summed E-state index contributed by atoms with van der Waals surface area (Å²) in [6, 6.07) is 19.0. The molecule has 0 saturated heterocycles. The van der Waals surface area contributed by atoms with Crippen LogP contribution < -0.4 is 14.8 Å². The van der Waals surface area contributed by atoms with Crippen molar-refractivity contribution in [1.82, 2.24) is 5.32 Å². The number of amides is 2. The van der Waals surface area contributed by atoms with E-state index in [2.05, 4.69) is 5.32 Å². The van der Waals surface area contributed by atoms with Gasteiger partial charge in [-0.2, -0.15) is 0 Å². The van der Waals surface area contributed by atoms with Crippen molar-refractivity contribution in [3.63, 3.8) is 0 Å². The molecule has 4 rings (SSSR count). The Bertz CT molecular complexity index is 1290. The molecule has 1 aromatic heterocycles. The first-order valence-corrected chi connectivity index (χ1v) is 9.71. The fourth-order valence-corrected chi connectivity index (χ4v) is 3.10. The van der Waals surface area contributed by atoms with Crippen LogP contribution in [0.3, 0.4) is 0 Å². The molecule has 3 aromatic carbocycles. The molecule has 0 aliphatic rings. The van der Waals surface area contributed by atoms with E-state index in [1.807, 2.05) is 24.3 Å². The van der Waals surface area contributed by atoms with Gasteiger partial charge in [0.2, 0.25) is 0 Å². The minimum absolute atomic E-state index is 0.274. The predicted octanol–water partition coefficient (Wildman–Crippen LogP) is 3.47. The van der Waals surface area contributed by atoms with Crippen molar-refractivity contribution < 1.29 is 33.0 Å². The largest absolute Gasteiger partial charge is 0.497 e. The number of imide groups is 1. The number of fused-ring (bicyclic) bond motifs is 3. The molecule has 0 aliphatic heterocycles. The van der Waals surface area contributed by atoms with E-state index < -0.39 is 24.4 Å². The first kappa shape index (κ1) is 20.9. The molecule has 0 bridgehead atoms. The van der Waals surface area contributed by atoms with Crippen LogP contribution in [-0.4, -0.2) is 38.1 Å². The van der Waals surface area contributed by atoms with Crippen LogP contribution in [0.25, 0.3) is 21.9 Å². The lowest BCUT2D eigenvalue weighted by Gasteiger charge is -2.08. The number of ether oxygens (including phenoxy) is 3. The smallest absolute Gasteiger partial charge is 0.344 e. The van der Waals surface area contributed by atoms with E-state index in [0.29, 0.717) is 17.1 Å². The van der Waals surface area contributed by atoms with E-state index in [9.17, 15) is 14.4 Å². The number of methoxy groups -OCH3 is 1. The number of esters is 1. The molecule has 0 atom stereocenters. The SMILES string of the molecule is COc1ccc(C(=O)NC(=O)COC(=O)COc2ccc3oc4ccccc4c3c2)cc1. The molecule has 0 aliphatic carbocycles. The zero-order valence-electron chi connectivity index (χ0n) is 17.1. The summed E-state index contributed by atoms with van der Waals surface area (Å²) in [5, 5.41) is 3.95. The zero-order chi connectivity index (χ0) is 22.5. The van der Waals surface area contributed by atoms with E-state index >= 15 is 0 Å². The van der Waals surface area contributed by atoms with Crippen molar-refractivity contribution in [1.29, 1.82) is 0 Å². The Hall–Kier alpha value is -4.33. The van der Waals surface area contributed by atoms with Crippen molar-refractivity contribution in [2.24, 2.45) is 0 Å². The average Bonchev–Trinajstić information content (AvgIpc) is 3.19. The average molecular weight is 433 g/mol. The predicted molar refractivity (Wildman–Crippen MR) is 116 cm³/mol. The minimum atomic E-state index is -0.745. The fraction of sp³-hybridized carbons (Fsp3) is 0.125. The van der Waals surface area contributed by atoms with Gasteiger partial charge in [-0.1, -0.05) is 18.2 Å². The zero-order valence-corrected chi connectivity index (χ0v) is 17.1. The summed E-state index contributed by atoms with van der Waals surface area (Å²) >= 11 is 0. The molecule has 162 valence electrons. The van der Waals surface area contributed by atoms with Crippen LogP contribution in [0.2, 0.25) is 0 Å². The second-order valence-electron chi connectivity index (χ2n) is 6.81. The molecule has 0 fully saturated rings. The number of para-hydroxylation sites is 1. The molecular formula is C24H19NO7. The summed E-state index contributed by atoms with van der Waals surface area (Å²) in [4.78, 5) is 35.9. The fourth-order valence-electron chi connectivity index (χ4n) is 3.10. The van der Waals surface area contributed by atoms with Gasteiger partial charge >= 0.3 is 5.97 Å². The molecule has 1 N–H and O–H groups in total. The molecule has 0 radical (unpaired) electrons. The highest BCUT2D eigenvalue weighted by atomic mass is 16.6. The topological polar surface area (TPSA) is 104 Å². The summed E-state index contributed by atoms with van der Waals surface area (Å²) in [6.45, 7) is -0.990. The van der Waals surface area contributed by atoms with Gasteiger partial charge < -0.3 is 18.6 Å². The molecule has 0 spiro atoms. The normalized spacial score (nSPS) is 10.7. The number of carbonyl (C=O) groups excluding carboxylic acids is 3. The number of rotatable bonds is 7. The van der Waals surface area contributed by atoms with Crippen LogP contribution in [0.5, 0.6) is 11.5 Å². The molecule has 32 heavy (non-hydrogen) atoms. The lowest BCUT2D eigenvalue weighted by molar-refractivity contribution is -0.150. The third kappa shape index (κ3) is 4.70. The van der Waals surface area contributed by atoms with Crippen molar-refractivity contribution in [3.05, 3.63) is 72.3 Å². The first-order valence-electron chi connectivity index (χ1n) is 9.71. The van der Waals surface area contributed by atoms with Crippen LogP contribution in [0.4, 0.5) is 0 Å². The number of carbonyl (C=O) groups is 3. The highest BCUT2D eigenvalue weighted by Gasteiger charge is 2.14. The van der Waals surface area contributed by atoms with Crippen LogP contribution in [0.15, 0.2) is 71.1 Å². The van der Waals surface area contributed by atoms with Crippen molar-refractivity contribution >= 4 is 39.7 Å². The van der Waals surface area contributed by atoms with Gasteiger partial charge in [0.05, 0.1) is 7.11 Å². The summed E-state index contributed by atoms with van der Waals surface area (Å²) in [5.41, 5.74) is 1.74. The Labute approximate surface area is 182 Å². The molecule has 0 saturated carbocycles. The molecular weight excluding hydrogens is 414 g/mol. The van der Waals surface area contributed by atoms with E-state index in [1.165, 1.54) is 19.2 Å². The molecule has 8 heteroatoms. The van der Waals surface area contributed by atoms with E-state index in [-0.39, 0.29) is 12.2 Å². The van der Waals surface area contributed by atoms with Crippen LogP contribution in [0.1, 0.15) is 10.4 Å². The van der Waals surface area contributed by atoms with Crippen LogP contribution in [-0.2, 0) is 14.3 Å². The Morgan fingerprint density at radius 1 is 0.844 bits per heavy atom. The summed E-state index contributed by atoms with van der Waals surface area (Å²) in [6.07, 6.45) is 0. The van der Waals surface area contributed by atoms with E-state index in [1.54, 1.807) is 30.3 Å². The molecule has 4 aromatic rings. The van der Waals surface area contributed by atoms with Crippen molar-refractivity contribution in [2.75, 3.05) is 20.3 Å². The van der Waals surface area contributed by atoms with Gasteiger partial charge in [0.25, 0.3) is 11.8 Å². The van der Waals surface area contributed by atoms with Crippen LogP contribution in [0, 0.1) is 0 Å². The van der Waals surface area contributed by atoms with E-state index in [0.717, 1.165) is 16.4 Å². The quantitative estimate of drug-likeness (QED) is 0.445.